The second-order valence-corrected chi connectivity index (χ2v) is 6.68. The van der Waals surface area contributed by atoms with Crippen molar-refractivity contribution in [3.63, 3.8) is 0 Å². The molecule has 0 radical (unpaired) electrons. The summed E-state index contributed by atoms with van der Waals surface area (Å²) in [5.74, 6) is 0.551. The fourth-order valence-corrected chi connectivity index (χ4v) is 3.26. The van der Waals surface area contributed by atoms with Crippen LogP contribution in [0.1, 0.15) is 21.8 Å². The van der Waals surface area contributed by atoms with E-state index in [9.17, 15) is 9.90 Å². The lowest BCUT2D eigenvalue weighted by Gasteiger charge is -2.34. The number of benzene rings is 1. The van der Waals surface area contributed by atoms with Crippen LogP contribution in [0, 0.1) is 6.92 Å². The number of nitrogens with zero attached hydrogens (tertiary/aromatic N) is 3. The molecular formula is C20H21N3O3. The highest BCUT2D eigenvalue weighted by Crippen LogP contribution is 2.20. The molecule has 134 valence electrons. The van der Waals surface area contributed by atoms with Gasteiger partial charge >= 0.3 is 0 Å². The average Bonchev–Trinajstić information content (AvgIpc) is 3.07. The van der Waals surface area contributed by atoms with E-state index in [1.807, 2.05) is 36.1 Å². The van der Waals surface area contributed by atoms with Crippen molar-refractivity contribution < 1.29 is 14.3 Å². The molecule has 6 nitrogen and oxygen atoms in total. The molecule has 0 saturated carbocycles. The second-order valence-electron chi connectivity index (χ2n) is 6.68. The second kappa shape index (κ2) is 6.80. The minimum atomic E-state index is -0.0788. The number of aromatic hydroxyl groups is 1. The molecule has 1 fully saturated rings. The predicted octanol–water partition coefficient (Wildman–Crippen LogP) is 2.80. The Morgan fingerprint density at radius 3 is 2.58 bits per heavy atom. The largest absolute Gasteiger partial charge is 0.508 e. The molecule has 26 heavy (non-hydrogen) atoms. The molecule has 1 aromatic carbocycles. The number of phenols is 1. The first-order valence-electron chi connectivity index (χ1n) is 8.75. The number of carbonyl (C=O) groups excluding carboxylic acids is 1. The molecular weight excluding hydrogens is 330 g/mol. The molecule has 1 saturated heterocycles. The number of amides is 1. The molecule has 1 aliphatic rings. The van der Waals surface area contributed by atoms with Gasteiger partial charge in [0.25, 0.3) is 5.91 Å². The zero-order chi connectivity index (χ0) is 18.1. The van der Waals surface area contributed by atoms with Gasteiger partial charge in [0.15, 0.2) is 11.3 Å². The summed E-state index contributed by atoms with van der Waals surface area (Å²) < 4.78 is 5.68. The topological polar surface area (TPSA) is 69.8 Å². The van der Waals surface area contributed by atoms with Crippen molar-refractivity contribution in [2.24, 2.45) is 0 Å². The molecule has 1 N–H and O–H groups in total. The Kier molecular flexibility index (Phi) is 4.34. The van der Waals surface area contributed by atoms with E-state index in [1.54, 1.807) is 18.2 Å². The molecule has 6 heteroatoms. The van der Waals surface area contributed by atoms with E-state index in [0.717, 1.165) is 36.4 Å². The van der Waals surface area contributed by atoms with Crippen molar-refractivity contribution in [3.05, 3.63) is 59.5 Å². The van der Waals surface area contributed by atoms with Crippen molar-refractivity contribution in [3.8, 4) is 5.75 Å². The number of aromatic nitrogens is 1. The number of phenolic OH excluding ortho intramolecular Hbond substituents is 1. The van der Waals surface area contributed by atoms with E-state index in [0.29, 0.717) is 24.4 Å². The van der Waals surface area contributed by atoms with Crippen LogP contribution in [0.2, 0.25) is 0 Å². The highest BCUT2D eigenvalue weighted by molar-refractivity contribution is 5.95. The minimum absolute atomic E-state index is 0.0788. The maximum atomic E-state index is 12.7. The summed E-state index contributed by atoms with van der Waals surface area (Å²) in [6, 6.07) is 12.7. The van der Waals surface area contributed by atoms with Crippen LogP contribution in [0.5, 0.6) is 5.75 Å². The van der Waals surface area contributed by atoms with E-state index in [1.165, 1.54) is 0 Å². The minimum Gasteiger partial charge on any atom is -0.508 e. The number of furan rings is 1. The maximum Gasteiger partial charge on any atom is 0.289 e. The van der Waals surface area contributed by atoms with Crippen LogP contribution >= 0.6 is 0 Å². The summed E-state index contributed by atoms with van der Waals surface area (Å²) in [4.78, 5) is 21.2. The van der Waals surface area contributed by atoms with Gasteiger partial charge in [-0.15, -0.1) is 0 Å². The van der Waals surface area contributed by atoms with Gasteiger partial charge in [-0.25, -0.2) is 4.98 Å². The Balaban J connectivity index is 1.38. The normalized spacial score (nSPS) is 15.5. The van der Waals surface area contributed by atoms with Gasteiger partial charge in [-0.2, -0.15) is 0 Å². The summed E-state index contributed by atoms with van der Waals surface area (Å²) in [6.45, 7) is 5.69. The quantitative estimate of drug-likeness (QED) is 0.786. The Morgan fingerprint density at radius 2 is 1.85 bits per heavy atom. The van der Waals surface area contributed by atoms with Gasteiger partial charge in [0, 0.05) is 44.5 Å². The fraction of sp³-hybridized carbons (Fsp3) is 0.300. The number of pyridine rings is 1. The van der Waals surface area contributed by atoms with E-state index >= 15 is 0 Å². The molecule has 2 aromatic heterocycles. The molecule has 0 unspecified atom stereocenters. The monoisotopic (exact) mass is 351 g/mol. The van der Waals surface area contributed by atoms with Crippen molar-refractivity contribution in [2.45, 2.75) is 13.5 Å². The van der Waals surface area contributed by atoms with Gasteiger partial charge in [0.05, 0.1) is 0 Å². The molecule has 0 atom stereocenters. The van der Waals surface area contributed by atoms with Crippen LogP contribution in [0.4, 0.5) is 0 Å². The van der Waals surface area contributed by atoms with Gasteiger partial charge in [-0.3, -0.25) is 9.69 Å². The first kappa shape index (κ1) is 16.6. The highest BCUT2D eigenvalue weighted by atomic mass is 16.3. The first-order valence-corrected chi connectivity index (χ1v) is 8.75. The van der Waals surface area contributed by atoms with Crippen LogP contribution in [0.25, 0.3) is 11.1 Å². The van der Waals surface area contributed by atoms with E-state index in [2.05, 4.69) is 9.88 Å². The standard InChI is InChI=1S/C20H21N3O3/c1-14-2-7-18-17(21-14)12-19(26-18)20(25)23-10-8-22(9-11-23)13-15-3-5-16(24)6-4-15/h2-7,12,24H,8-11,13H2,1H3. The number of fused-ring (bicyclic) bond motifs is 1. The van der Waals surface area contributed by atoms with E-state index in [-0.39, 0.29) is 11.7 Å². The lowest BCUT2D eigenvalue weighted by Crippen LogP contribution is -2.48. The Labute approximate surface area is 151 Å². The van der Waals surface area contributed by atoms with Crippen LogP contribution in [-0.2, 0) is 6.54 Å². The zero-order valence-electron chi connectivity index (χ0n) is 14.7. The van der Waals surface area contributed by atoms with Gasteiger partial charge in [-0.05, 0) is 36.8 Å². The molecule has 0 aliphatic carbocycles. The summed E-state index contributed by atoms with van der Waals surface area (Å²) in [5.41, 5.74) is 3.42. The van der Waals surface area contributed by atoms with Crippen LogP contribution < -0.4 is 0 Å². The van der Waals surface area contributed by atoms with E-state index in [4.69, 9.17) is 4.42 Å². The third kappa shape index (κ3) is 3.41. The number of hydrogen-bond acceptors (Lipinski definition) is 5. The number of rotatable bonds is 3. The van der Waals surface area contributed by atoms with Gasteiger partial charge in [-0.1, -0.05) is 12.1 Å². The van der Waals surface area contributed by atoms with E-state index < -0.39 is 0 Å². The Morgan fingerprint density at radius 1 is 1.12 bits per heavy atom. The Bertz CT molecular complexity index is 925. The molecule has 0 spiro atoms. The number of aryl methyl sites for hydroxylation is 1. The predicted molar refractivity (Wildman–Crippen MR) is 98.0 cm³/mol. The molecule has 1 aliphatic heterocycles. The first-order chi connectivity index (χ1) is 12.6. The van der Waals surface area contributed by atoms with Crippen LogP contribution in [0.15, 0.2) is 46.9 Å². The molecule has 3 aromatic rings. The number of piperazine rings is 1. The highest BCUT2D eigenvalue weighted by Gasteiger charge is 2.24. The van der Waals surface area contributed by atoms with Crippen molar-refractivity contribution in [2.75, 3.05) is 26.2 Å². The lowest BCUT2D eigenvalue weighted by atomic mass is 10.2. The summed E-state index contributed by atoms with van der Waals surface area (Å²) in [7, 11) is 0. The summed E-state index contributed by atoms with van der Waals surface area (Å²) in [6.07, 6.45) is 0. The number of carbonyl (C=O) groups is 1. The fourth-order valence-electron chi connectivity index (χ4n) is 3.26. The van der Waals surface area contributed by atoms with Gasteiger partial charge in [0.1, 0.15) is 11.3 Å². The van der Waals surface area contributed by atoms with Crippen LogP contribution in [-0.4, -0.2) is 52.0 Å². The Hall–Kier alpha value is -2.86. The molecule has 3 heterocycles. The third-order valence-electron chi connectivity index (χ3n) is 4.73. The maximum absolute atomic E-state index is 12.7. The van der Waals surface area contributed by atoms with Gasteiger partial charge in [0.2, 0.25) is 0 Å². The van der Waals surface area contributed by atoms with Crippen molar-refractivity contribution >= 4 is 17.0 Å². The average molecular weight is 351 g/mol. The molecule has 1 amide bonds. The smallest absolute Gasteiger partial charge is 0.289 e. The van der Waals surface area contributed by atoms with Crippen molar-refractivity contribution in [1.82, 2.24) is 14.8 Å². The van der Waals surface area contributed by atoms with Crippen LogP contribution in [0.3, 0.4) is 0 Å². The summed E-state index contributed by atoms with van der Waals surface area (Å²) in [5, 5.41) is 9.36. The number of hydrogen-bond donors (Lipinski definition) is 1. The third-order valence-corrected chi connectivity index (χ3v) is 4.73. The van der Waals surface area contributed by atoms with Gasteiger partial charge < -0.3 is 14.4 Å². The SMILES string of the molecule is Cc1ccc2oc(C(=O)N3CCN(Cc4ccc(O)cc4)CC3)cc2n1. The summed E-state index contributed by atoms with van der Waals surface area (Å²) >= 11 is 0. The molecule has 4 rings (SSSR count). The zero-order valence-corrected chi connectivity index (χ0v) is 14.7. The lowest BCUT2D eigenvalue weighted by molar-refractivity contribution is 0.0600. The van der Waals surface area contributed by atoms with Crippen molar-refractivity contribution in [1.29, 1.82) is 0 Å². The molecule has 0 bridgehead atoms.